The summed E-state index contributed by atoms with van der Waals surface area (Å²) in [6.45, 7) is 7.18. The van der Waals surface area contributed by atoms with Crippen molar-refractivity contribution in [3.8, 4) is 0 Å². The SMILES string of the molecule is Cc1ccc2nc(NCC(C)(C)CCO)nn2c1. The zero-order valence-corrected chi connectivity index (χ0v) is 11.1. The van der Waals surface area contributed by atoms with Crippen LogP contribution in [0.25, 0.3) is 5.65 Å². The van der Waals surface area contributed by atoms with Crippen molar-refractivity contribution in [1.82, 2.24) is 14.6 Å². The van der Waals surface area contributed by atoms with Gasteiger partial charge in [0.1, 0.15) is 0 Å². The number of fused-ring (bicyclic) bond motifs is 1. The van der Waals surface area contributed by atoms with E-state index in [4.69, 9.17) is 5.11 Å². The molecule has 0 unspecified atom stereocenters. The lowest BCUT2D eigenvalue weighted by molar-refractivity contribution is 0.220. The van der Waals surface area contributed by atoms with Crippen LogP contribution < -0.4 is 5.32 Å². The smallest absolute Gasteiger partial charge is 0.243 e. The van der Waals surface area contributed by atoms with Crippen molar-refractivity contribution >= 4 is 11.6 Å². The molecule has 0 bridgehead atoms. The fourth-order valence-electron chi connectivity index (χ4n) is 1.77. The van der Waals surface area contributed by atoms with Gasteiger partial charge in [-0.15, -0.1) is 5.10 Å². The number of nitrogens with zero attached hydrogens (tertiary/aromatic N) is 3. The van der Waals surface area contributed by atoms with Crippen LogP contribution in [0.3, 0.4) is 0 Å². The molecule has 98 valence electrons. The van der Waals surface area contributed by atoms with Crippen LogP contribution in [-0.2, 0) is 0 Å². The quantitative estimate of drug-likeness (QED) is 0.847. The Morgan fingerprint density at radius 2 is 2.17 bits per heavy atom. The fourth-order valence-corrected chi connectivity index (χ4v) is 1.77. The van der Waals surface area contributed by atoms with Gasteiger partial charge in [0, 0.05) is 19.3 Å². The molecule has 0 radical (unpaired) electrons. The van der Waals surface area contributed by atoms with E-state index in [9.17, 15) is 0 Å². The third kappa shape index (κ3) is 2.98. The number of hydrogen-bond donors (Lipinski definition) is 2. The summed E-state index contributed by atoms with van der Waals surface area (Å²) in [5.41, 5.74) is 2.02. The predicted octanol–water partition coefficient (Wildman–Crippen LogP) is 1.86. The van der Waals surface area contributed by atoms with Gasteiger partial charge in [-0.25, -0.2) is 4.52 Å². The lowest BCUT2D eigenvalue weighted by Crippen LogP contribution is -2.24. The molecule has 2 aromatic rings. The number of pyridine rings is 1. The summed E-state index contributed by atoms with van der Waals surface area (Å²) in [4.78, 5) is 4.40. The van der Waals surface area contributed by atoms with Crippen LogP contribution in [-0.4, -0.2) is 32.9 Å². The maximum Gasteiger partial charge on any atom is 0.243 e. The number of aryl methyl sites for hydroxylation is 1. The highest BCUT2D eigenvalue weighted by Gasteiger charge is 2.17. The first-order valence-electron chi connectivity index (χ1n) is 6.18. The second-order valence-electron chi connectivity index (χ2n) is 5.44. The molecule has 0 aliphatic rings. The number of anilines is 1. The Balaban J connectivity index is 2.08. The molecular formula is C13H20N4O. The van der Waals surface area contributed by atoms with E-state index in [0.717, 1.165) is 24.2 Å². The summed E-state index contributed by atoms with van der Waals surface area (Å²) in [6.07, 6.45) is 2.71. The summed E-state index contributed by atoms with van der Waals surface area (Å²) in [5, 5.41) is 16.6. The topological polar surface area (TPSA) is 62.5 Å². The van der Waals surface area contributed by atoms with Crippen molar-refractivity contribution < 1.29 is 5.11 Å². The Hall–Kier alpha value is -1.62. The zero-order chi connectivity index (χ0) is 13.2. The number of hydrogen-bond acceptors (Lipinski definition) is 4. The highest BCUT2D eigenvalue weighted by atomic mass is 16.3. The van der Waals surface area contributed by atoms with E-state index >= 15 is 0 Å². The van der Waals surface area contributed by atoms with Crippen LogP contribution in [0, 0.1) is 12.3 Å². The van der Waals surface area contributed by atoms with Gasteiger partial charge in [0.2, 0.25) is 5.95 Å². The molecule has 2 aromatic heterocycles. The van der Waals surface area contributed by atoms with Crippen LogP contribution in [0.5, 0.6) is 0 Å². The molecule has 0 aliphatic carbocycles. The molecule has 0 amide bonds. The second kappa shape index (κ2) is 4.94. The Bertz CT molecular complexity index is 533. The molecule has 0 atom stereocenters. The van der Waals surface area contributed by atoms with Crippen LogP contribution in [0.15, 0.2) is 18.3 Å². The molecule has 0 saturated heterocycles. The van der Waals surface area contributed by atoms with Crippen molar-refractivity contribution in [2.24, 2.45) is 5.41 Å². The van der Waals surface area contributed by atoms with E-state index in [0.29, 0.717) is 5.95 Å². The van der Waals surface area contributed by atoms with Crippen molar-refractivity contribution in [3.05, 3.63) is 23.9 Å². The molecule has 0 aromatic carbocycles. The predicted molar refractivity (Wildman–Crippen MR) is 71.7 cm³/mol. The zero-order valence-electron chi connectivity index (χ0n) is 11.1. The number of aliphatic hydroxyl groups is 1. The molecule has 18 heavy (non-hydrogen) atoms. The Morgan fingerprint density at radius 1 is 1.39 bits per heavy atom. The Kier molecular flexibility index (Phi) is 3.52. The minimum atomic E-state index is 0.0299. The molecule has 5 heteroatoms. The number of rotatable bonds is 5. The van der Waals surface area contributed by atoms with Gasteiger partial charge in [-0.2, -0.15) is 4.98 Å². The molecule has 2 rings (SSSR count). The summed E-state index contributed by atoms with van der Waals surface area (Å²) in [6, 6.07) is 3.97. The van der Waals surface area contributed by atoms with Crippen LogP contribution >= 0.6 is 0 Å². The largest absolute Gasteiger partial charge is 0.396 e. The third-order valence-electron chi connectivity index (χ3n) is 2.99. The maximum atomic E-state index is 8.98. The second-order valence-corrected chi connectivity index (χ2v) is 5.44. The average molecular weight is 248 g/mol. The van der Waals surface area contributed by atoms with E-state index in [1.807, 2.05) is 25.3 Å². The molecule has 0 fully saturated rings. The van der Waals surface area contributed by atoms with Gasteiger partial charge < -0.3 is 10.4 Å². The van der Waals surface area contributed by atoms with Crippen molar-refractivity contribution in [3.63, 3.8) is 0 Å². The molecule has 0 aliphatic heterocycles. The molecule has 2 N–H and O–H groups in total. The first-order chi connectivity index (χ1) is 8.50. The molecule has 0 saturated carbocycles. The molecule has 2 heterocycles. The van der Waals surface area contributed by atoms with Crippen LogP contribution in [0.4, 0.5) is 5.95 Å². The highest BCUT2D eigenvalue weighted by Crippen LogP contribution is 2.20. The van der Waals surface area contributed by atoms with Crippen LogP contribution in [0.2, 0.25) is 0 Å². The van der Waals surface area contributed by atoms with Gasteiger partial charge in [-0.05, 0) is 30.4 Å². The lowest BCUT2D eigenvalue weighted by atomic mass is 9.90. The maximum absolute atomic E-state index is 8.98. The van der Waals surface area contributed by atoms with Gasteiger partial charge in [0.25, 0.3) is 0 Å². The normalized spacial score (nSPS) is 12.0. The first-order valence-corrected chi connectivity index (χ1v) is 6.18. The van der Waals surface area contributed by atoms with E-state index in [2.05, 4.69) is 29.2 Å². The summed E-state index contributed by atoms with van der Waals surface area (Å²) >= 11 is 0. The Morgan fingerprint density at radius 3 is 2.89 bits per heavy atom. The average Bonchev–Trinajstić information content (AvgIpc) is 2.68. The molecule has 0 spiro atoms. The molecular weight excluding hydrogens is 228 g/mol. The first kappa shape index (κ1) is 12.8. The summed E-state index contributed by atoms with van der Waals surface area (Å²) < 4.78 is 1.77. The molecule has 5 nitrogen and oxygen atoms in total. The third-order valence-corrected chi connectivity index (χ3v) is 2.99. The van der Waals surface area contributed by atoms with E-state index in [1.54, 1.807) is 4.52 Å². The van der Waals surface area contributed by atoms with E-state index < -0.39 is 0 Å². The van der Waals surface area contributed by atoms with Gasteiger partial charge in [0.05, 0.1) is 0 Å². The summed E-state index contributed by atoms with van der Waals surface area (Å²) in [5.74, 6) is 0.631. The van der Waals surface area contributed by atoms with E-state index in [-0.39, 0.29) is 12.0 Å². The van der Waals surface area contributed by atoms with Gasteiger partial charge in [-0.3, -0.25) is 0 Å². The Labute approximate surface area is 107 Å². The highest BCUT2D eigenvalue weighted by molar-refractivity contribution is 5.44. The van der Waals surface area contributed by atoms with Crippen LogP contribution in [0.1, 0.15) is 25.8 Å². The van der Waals surface area contributed by atoms with Gasteiger partial charge in [0.15, 0.2) is 5.65 Å². The fraction of sp³-hybridized carbons (Fsp3) is 0.538. The lowest BCUT2D eigenvalue weighted by Gasteiger charge is -2.23. The number of aliphatic hydroxyl groups excluding tert-OH is 1. The van der Waals surface area contributed by atoms with Crippen molar-refractivity contribution in [2.75, 3.05) is 18.5 Å². The minimum Gasteiger partial charge on any atom is -0.396 e. The standard InChI is InChI=1S/C13H20N4O/c1-10-4-5-11-15-12(16-17(11)8-10)14-9-13(2,3)6-7-18/h4-5,8,18H,6-7,9H2,1-3H3,(H,14,16). The van der Waals surface area contributed by atoms with Gasteiger partial charge >= 0.3 is 0 Å². The summed E-state index contributed by atoms with van der Waals surface area (Å²) in [7, 11) is 0. The van der Waals surface area contributed by atoms with Crippen molar-refractivity contribution in [2.45, 2.75) is 27.2 Å². The van der Waals surface area contributed by atoms with E-state index in [1.165, 1.54) is 0 Å². The van der Waals surface area contributed by atoms with Crippen molar-refractivity contribution in [1.29, 1.82) is 0 Å². The number of aromatic nitrogens is 3. The minimum absolute atomic E-state index is 0.0299. The van der Waals surface area contributed by atoms with Gasteiger partial charge in [-0.1, -0.05) is 19.9 Å². The number of nitrogens with one attached hydrogen (secondary N) is 1. The monoisotopic (exact) mass is 248 g/mol.